The molecule has 0 atom stereocenters. The van der Waals surface area contributed by atoms with Crippen LogP contribution in [0, 0.1) is 13.8 Å². The van der Waals surface area contributed by atoms with Gasteiger partial charge in [0.25, 0.3) is 11.8 Å². The zero-order valence-electron chi connectivity index (χ0n) is 12.4. The lowest BCUT2D eigenvalue weighted by Gasteiger charge is -2.17. The van der Waals surface area contributed by atoms with E-state index in [4.69, 9.17) is 0 Å². The summed E-state index contributed by atoms with van der Waals surface area (Å²) < 4.78 is 39.1. The third-order valence-electron chi connectivity index (χ3n) is 3.91. The number of rotatable bonds is 1. The summed E-state index contributed by atoms with van der Waals surface area (Å²) in [6, 6.07) is 8.27. The Morgan fingerprint density at radius 3 is 2.22 bits per heavy atom. The summed E-state index contributed by atoms with van der Waals surface area (Å²) in [5.41, 5.74) is 0.174. The summed E-state index contributed by atoms with van der Waals surface area (Å²) in [7, 11) is 0. The van der Waals surface area contributed by atoms with Gasteiger partial charge in [-0.15, -0.1) is 0 Å². The van der Waals surface area contributed by atoms with E-state index in [1.807, 2.05) is 0 Å². The lowest BCUT2D eigenvalue weighted by atomic mass is 10.0. The van der Waals surface area contributed by atoms with Gasteiger partial charge >= 0.3 is 6.18 Å². The Balaban J connectivity index is 2.13. The molecule has 0 aromatic heterocycles. The SMILES string of the molecule is Cc1ccc(N2C(=O)c3cccc(C)c3C2=O)cc1C(F)(F)F. The minimum Gasteiger partial charge on any atom is -0.268 e. The number of nitrogens with zero attached hydrogens (tertiary/aromatic N) is 1. The molecule has 3 nitrogen and oxygen atoms in total. The first-order valence-corrected chi connectivity index (χ1v) is 6.88. The van der Waals surface area contributed by atoms with Gasteiger partial charge in [-0.1, -0.05) is 18.2 Å². The topological polar surface area (TPSA) is 37.4 Å². The van der Waals surface area contributed by atoms with Crippen molar-refractivity contribution >= 4 is 17.5 Å². The molecule has 1 aliphatic rings. The molecule has 2 aromatic carbocycles. The van der Waals surface area contributed by atoms with E-state index in [0.29, 0.717) is 5.56 Å². The molecule has 0 spiro atoms. The van der Waals surface area contributed by atoms with Gasteiger partial charge in [0, 0.05) is 0 Å². The number of alkyl halides is 3. The van der Waals surface area contributed by atoms with Crippen LogP contribution < -0.4 is 4.90 Å². The van der Waals surface area contributed by atoms with Gasteiger partial charge < -0.3 is 0 Å². The van der Waals surface area contributed by atoms with Crippen molar-refractivity contribution in [3.8, 4) is 0 Å². The number of benzene rings is 2. The Hall–Kier alpha value is -2.63. The lowest BCUT2D eigenvalue weighted by Crippen LogP contribution is -2.29. The van der Waals surface area contributed by atoms with Crippen molar-refractivity contribution in [2.45, 2.75) is 20.0 Å². The number of aryl methyl sites for hydroxylation is 2. The van der Waals surface area contributed by atoms with Crippen molar-refractivity contribution in [3.05, 3.63) is 64.2 Å². The molecule has 0 saturated heterocycles. The van der Waals surface area contributed by atoms with E-state index in [1.54, 1.807) is 19.1 Å². The number of hydrogen-bond acceptors (Lipinski definition) is 2. The molecule has 0 unspecified atom stereocenters. The van der Waals surface area contributed by atoms with E-state index in [0.717, 1.165) is 11.0 Å². The maximum atomic E-state index is 13.0. The molecule has 1 heterocycles. The molecular weight excluding hydrogens is 307 g/mol. The van der Waals surface area contributed by atoms with E-state index >= 15 is 0 Å². The van der Waals surface area contributed by atoms with Crippen LogP contribution in [0.5, 0.6) is 0 Å². The number of fused-ring (bicyclic) bond motifs is 1. The predicted molar refractivity (Wildman–Crippen MR) is 78.5 cm³/mol. The summed E-state index contributed by atoms with van der Waals surface area (Å²) in [6.45, 7) is 3.02. The first-order valence-electron chi connectivity index (χ1n) is 6.88. The van der Waals surface area contributed by atoms with Gasteiger partial charge in [-0.05, 0) is 43.2 Å². The Morgan fingerprint density at radius 1 is 0.913 bits per heavy atom. The van der Waals surface area contributed by atoms with Crippen molar-refractivity contribution in [1.82, 2.24) is 0 Å². The maximum Gasteiger partial charge on any atom is 0.416 e. The van der Waals surface area contributed by atoms with Crippen LogP contribution in [-0.4, -0.2) is 11.8 Å². The van der Waals surface area contributed by atoms with Gasteiger partial charge in [-0.2, -0.15) is 13.2 Å². The molecule has 2 aromatic rings. The molecule has 0 bridgehead atoms. The fourth-order valence-electron chi connectivity index (χ4n) is 2.74. The fraction of sp³-hybridized carbons (Fsp3) is 0.176. The first-order chi connectivity index (χ1) is 10.7. The normalized spacial score (nSPS) is 14.4. The minimum absolute atomic E-state index is 0.0361. The Morgan fingerprint density at radius 2 is 1.61 bits per heavy atom. The molecule has 6 heteroatoms. The van der Waals surface area contributed by atoms with Crippen LogP contribution >= 0.6 is 0 Å². The van der Waals surface area contributed by atoms with E-state index in [9.17, 15) is 22.8 Å². The second kappa shape index (κ2) is 4.94. The number of carbonyl (C=O) groups excluding carboxylic acids is 2. The van der Waals surface area contributed by atoms with Gasteiger partial charge in [0.1, 0.15) is 0 Å². The number of amides is 2. The molecule has 0 N–H and O–H groups in total. The average molecular weight is 319 g/mol. The van der Waals surface area contributed by atoms with Gasteiger partial charge in [-0.3, -0.25) is 9.59 Å². The van der Waals surface area contributed by atoms with Crippen LogP contribution in [-0.2, 0) is 6.18 Å². The second-order valence-electron chi connectivity index (χ2n) is 5.44. The Labute approximate surface area is 130 Å². The molecule has 118 valence electrons. The second-order valence-corrected chi connectivity index (χ2v) is 5.44. The fourth-order valence-corrected chi connectivity index (χ4v) is 2.74. The van der Waals surface area contributed by atoms with E-state index in [1.165, 1.54) is 25.1 Å². The molecule has 0 fully saturated rings. The molecule has 23 heavy (non-hydrogen) atoms. The molecule has 3 rings (SSSR count). The van der Waals surface area contributed by atoms with Crippen LogP contribution in [0.3, 0.4) is 0 Å². The van der Waals surface area contributed by atoms with Gasteiger partial charge in [0.05, 0.1) is 22.4 Å². The van der Waals surface area contributed by atoms with Crippen molar-refractivity contribution in [1.29, 1.82) is 0 Å². The monoisotopic (exact) mass is 319 g/mol. The van der Waals surface area contributed by atoms with Crippen LogP contribution in [0.25, 0.3) is 0 Å². The third-order valence-corrected chi connectivity index (χ3v) is 3.91. The number of halogens is 3. The summed E-state index contributed by atoms with van der Waals surface area (Å²) in [5.74, 6) is -1.20. The van der Waals surface area contributed by atoms with E-state index in [-0.39, 0.29) is 22.4 Å². The molecule has 0 aliphatic carbocycles. The quantitative estimate of drug-likeness (QED) is 0.741. The zero-order chi connectivity index (χ0) is 16.9. The highest BCUT2D eigenvalue weighted by molar-refractivity contribution is 6.34. The highest BCUT2D eigenvalue weighted by Crippen LogP contribution is 2.36. The van der Waals surface area contributed by atoms with Crippen LogP contribution in [0.15, 0.2) is 36.4 Å². The molecule has 1 aliphatic heterocycles. The summed E-state index contributed by atoms with van der Waals surface area (Å²) in [5, 5.41) is 0. The van der Waals surface area contributed by atoms with Crippen LogP contribution in [0.2, 0.25) is 0 Å². The molecule has 0 radical (unpaired) electrons. The number of imide groups is 1. The predicted octanol–water partition coefficient (Wildman–Crippen LogP) is 4.12. The minimum atomic E-state index is -4.55. The van der Waals surface area contributed by atoms with Crippen molar-refractivity contribution < 1.29 is 22.8 Å². The van der Waals surface area contributed by atoms with E-state index < -0.39 is 23.6 Å². The molecule has 2 amide bonds. The van der Waals surface area contributed by atoms with Crippen molar-refractivity contribution in [3.63, 3.8) is 0 Å². The zero-order valence-corrected chi connectivity index (χ0v) is 12.4. The lowest BCUT2D eigenvalue weighted by molar-refractivity contribution is -0.138. The number of anilines is 1. The standard InChI is InChI=1S/C17H12F3NO2/c1-9-6-7-11(8-13(9)17(18,19)20)21-15(22)12-5-3-4-10(2)14(12)16(21)23/h3-8H,1-2H3. The third kappa shape index (κ3) is 2.30. The molecule has 0 saturated carbocycles. The Bertz CT molecular complexity index is 840. The highest BCUT2D eigenvalue weighted by Gasteiger charge is 2.39. The van der Waals surface area contributed by atoms with Gasteiger partial charge in [0.2, 0.25) is 0 Å². The van der Waals surface area contributed by atoms with Gasteiger partial charge in [0.15, 0.2) is 0 Å². The summed E-state index contributed by atoms with van der Waals surface area (Å²) in [6.07, 6.45) is -4.55. The van der Waals surface area contributed by atoms with Crippen LogP contribution in [0.4, 0.5) is 18.9 Å². The summed E-state index contributed by atoms with van der Waals surface area (Å²) >= 11 is 0. The highest BCUT2D eigenvalue weighted by atomic mass is 19.4. The summed E-state index contributed by atoms with van der Waals surface area (Å²) in [4.78, 5) is 25.7. The number of carbonyl (C=O) groups is 2. The Kier molecular flexibility index (Phi) is 3.28. The maximum absolute atomic E-state index is 13.0. The van der Waals surface area contributed by atoms with Crippen LogP contribution in [0.1, 0.15) is 37.4 Å². The number of hydrogen-bond donors (Lipinski definition) is 0. The van der Waals surface area contributed by atoms with Gasteiger partial charge in [-0.25, -0.2) is 4.90 Å². The van der Waals surface area contributed by atoms with E-state index in [2.05, 4.69) is 0 Å². The largest absolute Gasteiger partial charge is 0.416 e. The first kappa shape index (κ1) is 15.3. The van der Waals surface area contributed by atoms with Crippen molar-refractivity contribution in [2.75, 3.05) is 4.90 Å². The van der Waals surface area contributed by atoms with Crippen molar-refractivity contribution in [2.24, 2.45) is 0 Å². The molecular formula is C17H12F3NO2. The smallest absolute Gasteiger partial charge is 0.268 e. The average Bonchev–Trinajstić information content (AvgIpc) is 2.72.